The smallest absolute Gasteiger partial charge is 0.320 e. The molecule has 30 heavy (non-hydrogen) atoms. The second-order valence-corrected chi connectivity index (χ2v) is 7.71. The second kappa shape index (κ2) is 8.59. The number of carbonyl (C=O) groups is 2. The highest BCUT2D eigenvalue weighted by molar-refractivity contribution is 6.31. The molecule has 3 aromatic rings. The summed E-state index contributed by atoms with van der Waals surface area (Å²) < 4.78 is 0. The van der Waals surface area contributed by atoms with Crippen LogP contribution in [0.1, 0.15) is 22.7 Å². The summed E-state index contributed by atoms with van der Waals surface area (Å²) in [5.41, 5.74) is 4.24. The molecule has 6 heteroatoms. The third-order valence-corrected chi connectivity index (χ3v) is 5.49. The summed E-state index contributed by atoms with van der Waals surface area (Å²) in [4.78, 5) is 28.0. The first-order valence-corrected chi connectivity index (χ1v) is 10.2. The minimum atomic E-state index is -0.808. The molecule has 4 rings (SSSR count). The van der Waals surface area contributed by atoms with E-state index in [-0.39, 0.29) is 5.91 Å². The Balaban J connectivity index is 1.59. The van der Waals surface area contributed by atoms with E-state index in [9.17, 15) is 9.59 Å². The maximum absolute atomic E-state index is 13.5. The first kappa shape index (κ1) is 20.0. The van der Waals surface area contributed by atoms with E-state index in [2.05, 4.69) is 10.6 Å². The molecule has 0 aromatic heterocycles. The molecule has 1 unspecified atom stereocenters. The molecule has 0 aliphatic carbocycles. The van der Waals surface area contributed by atoms with Crippen molar-refractivity contribution in [3.05, 3.63) is 94.5 Å². The average molecular weight is 420 g/mol. The summed E-state index contributed by atoms with van der Waals surface area (Å²) in [6, 6.07) is 21.2. The van der Waals surface area contributed by atoms with Gasteiger partial charge in [-0.25, -0.2) is 4.79 Å². The lowest BCUT2D eigenvalue weighted by atomic mass is 10.1. The predicted octanol–water partition coefficient (Wildman–Crippen LogP) is 5.10. The lowest BCUT2D eigenvalue weighted by Gasteiger charge is -2.25. The van der Waals surface area contributed by atoms with Crippen molar-refractivity contribution in [1.29, 1.82) is 0 Å². The number of nitrogens with one attached hydrogen (secondary N) is 2. The number of fused-ring (bicyclic) bond motifs is 1. The van der Waals surface area contributed by atoms with Crippen LogP contribution in [0.15, 0.2) is 72.8 Å². The quantitative estimate of drug-likeness (QED) is 0.618. The molecule has 1 atom stereocenters. The number of amides is 3. The molecule has 152 valence electrons. The number of para-hydroxylation sites is 1. The molecule has 5 nitrogen and oxygen atoms in total. The van der Waals surface area contributed by atoms with Crippen LogP contribution in [0.3, 0.4) is 0 Å². The van der Waals surface area contributed by atoms with Gasteiger partial charge in [0.1, 0.15) is 6.04 Å². The minimum Gasteiger partial charge on any atom is -0.322 e. The zero-order valence-electron chi connectivity index (χ0n) is 16.6. The SMILES string of the molecule is Cc1ccc(Cl)cc1NC(=O)NC(C(=O)N1CCc2ccccc21)c1ccccc1. The number of rotatable bonds is 4. The Labute approximate surface area is 180 Å². The molecule has 0 fully saturated rings. The Hall–Kier alpha value is -3.31. The van der Waals surface area contributed by atoms with Crippen LogP contribution in [0.4, 0.5) is 16.2 Å². The number of halogens is 1. The van der Waals surface area contributed by atoms with E-state index in [1.165, 1.54) is 0 Å². The van der Waals surface area contributed by atoms with Crippen LogP contribution in [0.25, 0.3) is 0 Å². The van der Waals surface area contributed by atoms with Gasteiger partial charge >= 0.3 is 6.03 Å². The zero-order chi connectivity index (χ0) is 21.1. The van der Waals surface area contributed by atoms with E-state index in [0.717, 1.165) is 28.8 Å². The molecular formula is C24H22ClN3O2. The van der Waals surface area contributed by atoms with Crippen LogP contribution < -0.4 is 15.5 Å². The highest BCUT2D eigenvalue weighted by atomic mass is 35.5. The number of benzene rings is 3. The number of carbonyl (C=O) groups excluding carboxylic acids is 2. The van der Waals surface area contributed by atoms with E-state index in [1.807, 2.05) is 67.6 Å². The van der Waals surface area contributed by atoms with E-state index < -0.39 is 12.1 Å². The molecular weight excluding hydrogens is 398 g/mol. The van der Waals surface area contributed by atoms with Crippen molar-refractivity contribution in [2.75, 3.05) is 16.8 Å². The summed E-state index contributed by atoms with van der Waals surface area (Å²) in [6.45, 7) is 2.48. The van der Waals surface area contributed by atoms with Crippen LogP contribution in [0, 0.1) is 6.92 Å². The van der Waals surface area contributed by atoms with Crippen molar-refractivity contribution in [1.82, 2.24) is 5.32 Å². The summed E-state index contributed by atoms with van der Waals surface area (Å²) in [7, 11) is 0. The molecule has 2 N–H and O–H groups in total. The largest absolute Gasteiger partial charge is 0.322 e. The van der Waals surface area contributed by atoms with Gasteiger partial charge in [-0.05, 0) is 48.2 Å². The summed E-state index contributed by atoms with van der Waals surface area (Å²) in [5, 5.41) is 6.19. The lowest BCUT2D eigenvalue weighted by molar-refractivity contribution is -0.120. The number of urea groups is 1. The van der Waals surface area contributed by atoms with Crippen molar-refractivity contribution in [2.24, 2.45) is 0 Å². The third-order valence-electron chi connectivity index (χ3n) is 5.26. The number of hydrogen-bond donors (Lipinski definition) is 2. The highest BCUT2D eigenvalue weighted by Gasteiger charge is 2.32. The first-order chi connectivity index (χ1) is 14.5. The van der Waals surface area contributed by atoms with Crippen LogP contribution >= 0.6 is 11.6 Å². The number of hydrogen-bond acceptors (Lipinski definition) is 2. The molecule has 0 saturated heterocycles. The third kappa shape index (κ3) is 4.16. The first-order valence-electron chi connectivity index (χ1n) is 9.81. The van der Waals surface area contributed by atoms with Crippen LogP contribution in [0.5, 0.6) is 0 Å². The molecule has 0 spiro atoms. The molecule has 0 radical (unpaired) electrons. The van der Waals surface area contributed by atoms with Gasteiger partial charge in [0.05, 0.1) is 0 Å². The summed E-state index contributed by atoms with van der Waals surface area (Å²) in [5.74, 6) is -0.163. The number of nitrogens with zero attached hydrogens (tertiary/aromatic N) is 1. The van der Waals surface area contributed by atoms with E-state index in [1.54, 1.807) is 17.0 Å². The van der Waals surface area contributed by atoms with Crippen LogP contribution in [-0.4, -0.2) is 18.5 Å². The molecule has 0 bridgehead atoms. The van der Waals surface area contributed by atoms with Crippen molar-refractivity contribution < 1.29 is 9.59 Å². The van der Waals surface area contributed by atoms with E-state index in [4.69, 9.17) is 11.6 Å². The van der Waals surface area contributed by atoms with Gasteiger partial charge in [-0.1, -0.05) is 66.2 Å². The Bertz CT molecular complexity index is 1080. The van der Waals surface area contributed by atoms with E-state index >= 15 is 0 Å². The Morgan fingerprint density at radius 2 is 1.73 bits per heavy atom. The maximum atomic E-state index is 13.5. The van der Waals surface area contributed by atoms with Gasteiger partial charge in [0, 0.05) is 22.9 Å². The van der Waals surface area contributed by atoms with Crippen molar-refractivity contribution in [3.8, 4) is 0 Å². The Morgan fingerprint density at radius 1 is 1.00 bits per heavy atom. The van der Waals surface area contributed by atoms with Gasteiger partial charge in [0.2, 0.25) is 0 Å². The lowest BCUT2D eigenvalue weighted by Crippen LogP contribution is -2.44. The van der Waals surface area contributed by atoms with Crippen molar-refractivity contribution in [3.63, 3.8) is 0 Å². The molecule has 0 saturated carbocycles. The monoisotopic (exact) mass is 419 g/mol. The normalized spacial score (nSPS) is 13.5. The number of anilines is 2. The van der Waals surface area contributed by atoms with Crippen LogP contribution in [0.2, 0.25) is 5.02 Å². The second-order valence-electron chi connectivity index (χ2n) is 7.27. The Morgan fingerprint density at radius 3 is 2.53 bits per heavy atom. The van der Waals surface area contributed by atoms with Crippen LogP contribution in [-0.2, 0) is 11.2 Å². The maximum Gasteiger partial charge on any atom is 0.320 e. The molecule has 1 heterocycles. The fraction of sp³-hybridized carbons (Fsp3) is 0.167. The summed E-state index contributed by atoms with van der Waals surface area (Å²) in [6.07, 6.45) is 0.803. The fourth-order valence-electron chi connectivity index (χ4n) is 3.67. The number of aryl methyl sites for hydroxylation is 1. The van der Waals surface area contributed by atoms with Crippen molar-refractivity contribution >= 4 is 34.9 Å². The zero-order valence-corrected chi connectivity index (χ0v) is 17.3. The average Bonchev–Trinajstić information content (AvgIpc) is 3.19. The summed E-state index contributed by atoms with van der Waals surface area (Å²) >= 11 is 6.05. The van der Waals surface area contributed by atoms with Crippen molar-refractivity contribution in [2.45, 2.75) is 19.4 Å². The van der Waals surface area contributed by atoms with Gasteiger partial charge < -0.3 is 15.5 Å². The molecule has 3 amide bonds. The van der Waals surface area contributed by atoms with Gasteiger partial charge in [-0.2, -0.15) is 0 Å². The van der Waals surface area contributed by atoms with E-state index in [0.29, 0.717) is 17.3 Å². The van der Waals surface area contributed by atoms with Gasteiger partial charge in [0.25, 0.3) is 5.91 Å². The highest BCUT2D eigenvalue weighted by Crippen LogP contribution is 2.30. The Kier molecular flexibility index (Phi) is 5.72. The van der Waals surface area contributed by atoms with Gasteiger partial charge in [-0.3, -0.25) is 4.79 Å². The topological polar surface area (TPSA) is 61.4 Å². The fourth-order valence-corrected chi connectivity index (χ4v) is 3.85. The molecule has 1 aliphatic rings. The molecule has 3 aromatic carbocycles. The minimum absolute atomic E-state index is 0.163. The van der Waals surface area contributed by atoms with Gasteiger partial charge in [0.15, 0.2) is 0 Å². The standard InChI is InChI=1S/C24H22ClN3O2/c1-16-11-12-19(25)15-20(16)26-24(30)27-22(18-8-3-2-4-9-18)23(29)28-14-13-17-7-5-6-10-21(17)28/h2-12,15,22H,13-14H2,1H3,(H2,26,27,30). The van der Waals surface area contributed by atoms with Gasteiger partial charge in [-0.15, -0.1) is 0 Å². The predicted molar refractivity (Wildman–Crippen MR) is 120 cm³/mol. The molecule has 1 aliphatic heterocycles.